The first-order valence-corrected chi connectivity index (χ1v) is 8.39. The van der Waals surface area contributed by atoms with Crippen LogP contribution in [0.4, 0.5) is 0 Å². The van der Waals surface area contributed by atoms with Gasteiger partial charge in [-0.1, -0.05) is 18.8 Å². The number of hydrogen-bond donors (Lipinski definition) is 2. The minimum atomic E-state index is -0.896. The fraction of sp³-hybridized carbons (Fsp3) is 0.765. The number of carbonyl (C=O) groups is 2. The van der Waals surface area contributed by atoms with Crippen LogP contribution in [0.2, 0.25) is 0 Å². The molecule has 7 heteroatoms. The van der Waals surface area contributed by atoms with Gasteiger partial charge in [-0.25, -0.2) is 0 Å². The Labute approximate surface area is 168 Å². The molecule has 24 heavy (non-hydrogen) atoms. The first-order chi connectivity index (χ1) is 11.0. The predicted octanol–water partition coefficient (Wildman–Crippen LogP) is 1.84. The van der Waals surface area contributed by atoms with Gasteiger partial charge in [0.15, 0.2) is 0 Å². The summed E-state index contributed by atoms with van der Waals surface area (Å²) in [5.74, 6) is -1.78. The fourth-order valence-electron chi connectivity index (χ4n) is 4.16. The van der Waals surface area contributed by atoms with Crippen molar-refractivity contribution in [1.82, 2.24) is 5.32 Å². The maximum absolute atomic E-state index is 11.7. The molecule has 0 saturated heterocycles. The number of aliphatic carboxylic acids is 1. The number of carboxylic acid groups (broad SMARTS) is 1. The van der Waals surface area contributed by atoms with E-state index < -0.39 is 24.0 Å². The minimum Gasteiger partial charge on any atom is -0.551 e. The normalized spacial score (nSPS) is 33.0. The van der Waals surface area contributed by atoms with Gasteiger partial charge in [-0.3, -0.25) is 9.59 Å². The summed E-state index contributed by atoms with van der Waals surface area (Å²) < 4.78 is 5.25. The Balaban J connectivity index is 0.00000288. The zero-order chi connectivity index (χ0) is 16.8. The molecular formula is C17H25NO5Y-2. The molecule has 2 rings (SSSR count). The van der Waals surface area contributed by atoms with Gasteiger partial charge in [0.1, 0.15) is 6.10 Å². The number of carbonyl (C=O) groups excluding carboxylic acids is 2. The maximum Gasteiger partial charge on any atom is 0.310 e. The molecule has 133 valence electrons. The van der Waals surface area contributed by atoms with Gasteiger partial charge in [0.25, 0.3) is 0 Å². The molecule has 2 aliphatic carbocycles. The molecule has 2 fully saturated rings. The maximum atomic E-state index is 11.7. The molecule has 0 aromatic carbocycles. The Morgan fingerprint density at radius 2 is 1.96 bits per heavy atom. The summed E-state index contributed by atoms with van der Waals surface area (Å²) in [6, 6.07) is -0.0372. The molecule has 5 unspecified atom stereocenters. The molecule has 0 bridgehead atoms. The van der Waals surface area contributed by atoms with Crippen molar-refractivity contribution in [2.45, 2.75) is 64.0 Å². The van der Waals surface area contributed by atoms with Crippen LogP contribution in [0.1, 0.15) is 51.9 Å². The third kappa shape index (κ3) is 5.80. The van der Waals surface area contributed by atoms with Crippen molar-refractivity contribution >= 4 is 18.3 Å². The molecule has 0 aliphatic heterocycles. The first kappa shape index (κ1) is 21.6. The number of nitrogens with one attached hydrogen (secondary N) is 1. The van der Waals surface area contributed by atoms with Gasteiger partial charge in [0.05, 0.1) is 5.92 Å². The van der Waals surface area contributed by atoms with E-state index in [9.17, 15) is 19.5 Å². The van der Waals surface area contributed by atoms with Crippen molar-refractivity contribution in [1.29, 1.82) is 0 Å². The standard InChI is InChI=1S/C17H25NO5.Y/c1-11(20)23-15-8-4-6-13(16(15)17(21)22)9-12-5-2-3-7-14(12)18-10-19;/h7,12-16H,2-6,8-9H2,1H3,(H,18,19)(H,21,22);/q-2;. The van der Waals surface area contributed by atoms with E-state index in [1.165, 1.54) is 6.92 Å². The van der Waals surface area contributed by atoms with Crippen molar-refractivity contribution < 1.29 is 56.9 Å². The van der Waals surface area contributed by atoms with Gasteiger partial charge in [-0.2, -0.15) is 12.8 Å². The molecule has 0 spiro atoms. The van der Waals surface area contributed by atoms with Gasteiger partial charge in [-0.15, -0.1) is 6.04 Å². The zero-order valence-electron chi connectivity index (χ0n) is 14.1. The van der Waals surface area contributed by atoms with Gasteiger partial charge in [-0.05, 0) is 31.6 Å². The predicted molar refractivity (Wildman–Crippen MR) is 82.9 cm³/mol. The summed E-state index contributed by atoms with van der Waals surface area (Å²) in [6.07, 6.45) is 9.30. The average molecular weight is 412 g/mol. The molecule has 2 saturated carbocycles. The first-order valence-electron chi connectivity index (χ1n) is 8.39. The molecule has 1 radical (unpaired) electrons. The number of rotatable bonds is 6. The average Bonchev–Trinajstić information content (AvgIpc) is 2.48. The zero-order valence-corrected chi connectivity index (χ0v) is 16.9. The third-order valence-electron chi connectivity index (χ3n) is 5.11. The van der Waals surface area contributed by atoms with E-state index in [0.717, 1.165) is 38.5 Å². The van der Waals surface area contributed by atoms with E-state index >= 15 is 0 Å². The van der Waals surface area contributed by atoms with Crippen LogP contribution in [-0.4, -0.2) is 35.6 Å². The van der Waals surface area contributed by atoms with Crippen LogP contribution in [0.25, 0.3) is 0 Å². The second-order valence-corrected chi connectivity index (χ2v) is 6.64. The number of amides is 1. The molecule has 0 aromatic heterocycles. The molecule has 0 heterocycles. The monoisotopic (exact) mass is 412 g/mol. The molecule has 2 N–H and O–H groups in total. The molecule has 1 amide bonds. The van der Waals surface area contributed by atoms with Crippen molar-refractivity contribution in [3.05, 3.63) is 6.42 Å². The van der Waals surface area contributed by atoms with E-state index in [2.05, 4.69) is 11.7 Å². The van der Waals surface area contributed by atoms with Gasteiger partial charge >= 0.3 is 11.9 Å². The van der Waals surface area contributed by atoms with Crippen LogP contribution in [0.3, 0.4) is 0 Å². The summed E-state index contributed by atoms with van der Waals surface area (Å²) in [5.41, 5.74) is 0. The van der Waals surface area contributed by atoms with Crippen molar-refractivity contribution in [3.63, 3.8) is 0 Å². The molecule has 2 aliphatic rings. The smallest absolute Gasteiger partial charge is 0.310 e. The van der Waals surface area contributed by atoms with Crippen molar-refractivity contribution in [3.8, 4) is 0 Å². The second kappa shape index (κ2) is 10.5. The Hall–Kier alpha value is -0.486. The van der Waals surface area contributed by atoms with E-state index in [-0.39, 0.29) is 50.6 Å². The number of hydrogen-bond acceptors (Lipinski definition) is 4. The van der Waals surface area contributed by atoms with Crippen LogP contribution >= 0.6 is 0 Å². The van der Waals surface area contributed by atoms with E-state index in [1.54, 1.807) is 6.41 Å². The van der Waals surface area contributed by atoms with Gasteiger partial charge in [0.2, 0.25) is 0 Å². The molecule has 5 atom stereocenters. The Morgan fingerprint density at radius 3 is 2.58 bits per heavy atom. The van der Waals surface area contributed by atoms with Gasteiger partial charge < -0.3 is 26.4 Å². The summed E-state index contributed by atoms with van der Waals surface area (Å²) in [4.78, 5) is 33.6. The van der Waals surface area contributed by atoms with E-state index in [4.69, 9.17) is 4.74 Å². The molecule has 6 nitrogen and oxygen atoms in total. The number of carboxylic acids is 1. The molecule has 0 aromatic rings. The van der Waals surface area contributed by atoms with Crippen LogP contribution < -0.4 is 5.32 Å². The fourth-order valence-corrected chi connectivity index (χ4v) is 4.16. The summed E-state index contributed by atoms with van der Waals surface area (Å²) in [5, 5.41) is 12.3. The summed E-state index contributed by atoms with van der Waals surface area (Å²) >= 11 is 0. The second-order valence-electron chi connectivity index (χ2n) is 6.64. The topological polar surface area (TPSA) is 92.7 Å². The van der Waals surface area contributed by atoms with Crippen LogP contribution in [-0.2, 0) is 51.8 Å². The summed E-state index contributed by atoms with van der Waals surface area (Å²) in [6.45, 7) is 1.32. The SMILES string of the molecule is CC(=O)OC1CCCC(CC2CCC[CH-]C2N[C-]=O)C1C(=O)O.[Y]. The van der Waals surface area contributed by atoms with Crippen molar-refractivity contribution in [2.24, 2.45) is 17.8 Å². The van der Waals surface area contributed by atoms with Crippen molar-refractivity contribution in [2.75, 3.05) is 0 Å². The van der Waals surface area contributed by atoms with E-state index in [0.29, 0.717) is 6.42 Å². The van der Waals surface area contributed by atoms with Crippen LogP contribution in [0.15, 0.2) is 0 Å². The third-order valence-corrected chi connectivity index (χ3v) is 5.11. The number of ether oxygens (including phenoxy) is 1. The van der Waals surface area contributed by atoms with E-state index in [1.807, 2.05) is 0 Å². The number of esters is 1. The summed E-state index contributed by atoms with van der Waals surface area (Å²) in [7, 11) is 0. The minimum absolute atomic E-state index is 0. The van der Waals surface area contributed by atoms with Gasteiger partial charge in [0, 0.05) is 39.6 Å². The van der Waals surface area contributed by atoms with Crippen LogP contribution in [0.5, 0.6) is 0 Å². The molecular weight excluding hydrogens is 387 g/mol. The Morgan fingerprint density at radius 1 is 1.25 bits per heavy atom. The Bertz CT molecular complexity index is 445. The van der Waals surface area contributed by atoms with Crippen LogP contribution in [0, 0.1) is 24.2 Å². The Kier molecular flexibility index (Phi) is 9.42. The quantitative estimate of drug-likeness (QED) is 0.395. The largest absolute Gasteiger partial charge is 0.551 e.